The van der Waals surface area contributed by atoms with E-state index in [2.05, 4.69) is 30.0 Å². The molecule has 3 heterocycles. The van der Waals surface area contributed by atoms with Crippen molar-refractivity contribution in [3.63, 3.8) is 0 Å². The number of hydrogen-bond acceptors (Lipinski definition) is 7. The van der Waals surface area contributed by atoms with E-state index >= 15 is 0 Å². The van der Waals surface area contributed by atoms with Crippen molar-refractivity contribution in [2.45, 2.75) is 37.5 Å². The normalized spacial score (nSPS) is 19.8. The second-order valence-electron chi connectivity index (χ2n) is 8.74. The smallest absolute Gasteiger partial charge is 0.323 e. The monoisotopic (exact) mass is 481 g/mol. The maximum absolute atomic E-state index is 14.5. The third-order valence-electron chi connectivity index (χ3n) is 6.50. The molecule has 3 aromatic rings. The van der Waals surface area contributed by atoms with E-state index in [1.165, 1.54) is 37.2 Å². The molecular formula is C23H24FN7O2S. The summed E-state index contributed by atoms with van der Waals surface area (Å²) >= 11 is 1.25. The Balaban J connectivity index is 1.43. The SMILES string of the molecule is CNC(=O)c1cnc(C2CC2)nc1NC(=O)N1CCC(c2ccc(C)c(F)c2)(c2ncns2)C1. The van der Waals surface area contributed by atoms with Crippen LogP contribution in [0.5, 0.6) is 0 Å². The maximum Gasteiger partial charge on any atom is 0.323 e. The van der Waals surface area contributed by atoms with Crippen LogP contribution < -0.4 is 10.6 Å². The van der Waals surface area contributed by atoms with Gasteiger partial charge in [-0.05, 0) is 54.9 Å². The second kappa shape index (κ2) is 8.71. The standard InChI is InChI=1S/C23H24FN7O2S/c1-13-3-6-15(9-17(13)24)23(21-27-12-28-34-21)7-8-31(11-23)22(33)30-19-16(20(32)25-2)10-26-18(29-19)14-4-5-14/h3,6,9-10,12,14H,4-5,7-8,11H2,1-2H3,(H,25,32)(H,26,29,30,33). The van der Waals surface area contributed by atoms with E-state index in [9.17, 15) is 14.0 Å². The number of carbonyl (C=O) groups is 2. The van der Waals surface area contributed by atoms with Gasteiger partial charge in [-0.25, -0.2) is 24.1 Å². The molecule has 1 unspecified atom stereocenters. The minimum absolute atomic E-state index is 0.191. The van der Waals surface area contributed by atoms with E-state index < -0.39 is 5.41 Å². The largest absolute Gasteiger partial charge is 0.355 e. The minimum Gasteiger partial charge on any atom is -0.355 e. The van der Waals surface area contributed by atoms with E-state index in [4.69, 9.17) is 0 Å². The summed E-state index contributed by atoms with van der Waals surface area (Å²) in [5.74, 6) is 0.409. The second-order valence-corrected chi connectivity index (χ2v) is 9.52. The summed E-state index contributed by atoms with van der Waals surface area (Å²) in [6.07, 6.45) is 5.49. The van der Waals surface area contributed by atoms with Gasteiger partial charge >= 0.3 is 6.03 Å². The Bertz CT molecular complexity index is 1250. The lowest BCUT2D eigenvalue weighted by Crippen LogP contribution is -2.38. The molecule has 1 saturated carbocycles. The van der Waals surface area contributed by atoms with Gasteiger partial charge in [0.05, 0.1) is 5.41 Å². The van der Waals surface area contributed by atoms with Crippen molar-refractivity contribution in [1.82, 2.24) is 29.5 Å². The van der Waals surface area contributed by atoms with E-state index in [-0.39, 0.29) is 35.1 Å². The van der Waals surface area contributed by atoms with Crippen molar-refractivity contribution in [2.24, 2.45) is 0 Å². The Morgan fingerprint density at radius 2 is 2.09 bits per heavy atom. The highest BCUT2D eigenvalue weighted by Gasteiger charge is 2.45. The number of aromatic nitrogens is 4. The molecule has 2 aliphatic rings. The van der Waals surface area contributed by atoms with Crippen LogP contribution in [0.1, 0.15) is 57.5 Å². The molecule has 2 fully saturated rings. The number of carbonyl (C=O) groups excluding carboxylic acids is 2. The van der Waals surface area contributed by atoms with Gasteiger partial charge in [0.15, 0.2) is 5.82 Å². The Hall–Kier alpha value is -3.47. The Morgan fingerprint density at radius 3 is 2.76 bits per heavy atom. The van der Waals surface area contributed by atoms with Gasteiger partial charge in [-0.1, -0.05) is 12.1 Å². The quantitative estimate of drug-likeness (QED) is 0.579. The van der Waals surface area contributed by atoms with Crippen LogP contribution in [0.4, 0.5) is 15.0 Å². The summed E-state index contributed by atoms with van der Waals surface area (Å²) in [7, 11) is 1.51. The fraction of sp³-hybridized carbons (Fsp3) is 0.391. The highest BCUT2D eigenvalue weighted by molar-refractivity contribution is 7.05. The molecule has 1 aromatic carbocycles. The summed E-state index contributed by atoms with van der Waals surface area (Å²) in [6, 6.07) is 4.77. The Morgan fingerprint density at radius 1 is 1.26 bits per heavy atom. The molecule has 1 aliphatic carbocycles. The molecule has 0 spiro atoms. The van der Waals surface area contributed by atoms with Crippen LogP contribution in [0, 0.1) is 12.7 Å². The lowest BCUT2D eigenvalue weighted by atomic mass is 9.80. The van der Waals surface area contributed by atoms with Crippen LogP contribution in [-0.2, 0) is 5.41 Å². The maximum atomic E-state index is 14.5. The van der Waals surface area contributed by atoms with Gasteiger partial charge in [-0.3, -0.25) is 10.1 Å². The number of nitrogens with zero attached hydrogens (tertiary/aromatic N) is 5. The average molecular weight is 482 g/mol. The van der Waals surface area contributed by atoms with Crippen molar-refractivity contribution in [2.75, 3.05) is 25.5 Å². The van der Waals surface area contributed by atoms with Crippen molar-refractivity contribution in [1.29, 1.82) is 0 Å². The summed E-state index contributed by atoms with van der Waals surface area (Å²) in [5, 5.41) is 6.10. The van der Waals surface area contributed by atoms with Crippen LogP contribution in [0.25, 0.3) is 0 Å². The molecule has 5 rings (SSSR count). The van der Waals surface area contributed by atoms with Crippen LogP contribution in [0.3, 0.4) is 0 Å². The number of likely N-dealkylation sites (tertiary alicyclic amines) is 1. The Kier molecular flexibility index (Phi) is 5.72. The first-order valence-electron chi connectivity index (χ1n) is 11.1. The number of halogens is 1. The Labute approximate surface area is 200 Å². The number of benzene rings is 1. The lowest BCUT2D eigenvalue weighted by molar-refractivity contribution is 0.0963. The highest BCUT2D eigenvalue weighted by Crippen LogP contribution is 2.42. The molecule has 1 atom stereocenters. The zero-order valence-electron chi connectivity index (χ0n) is 18.8. The summed E-state index contributed by atoms with van der Waals surface area (Å²) < 4.78 is 18.6. The fourth-order valence-corrected chi connectivity index (χ4v) is 5.05. The van der Waals surface area contributed by atoms with Crippen LogP contribution in [0.2, 0.25) is 0 Å². The number of amides is 3. The van der Waals surface area contributed by atoms with Gasteiger partial charge in [-0.15, -0.1) is 0 Å². The first-order chi connectivity index (χ1) is 16.4. The van der Waals surface area contributed by atoms with Crippen LogP contribution >= 0.6 is 11.5 Å². The first-order valence-corrected chi connectivity index (χ1v) is 11.9. The molecule has 0 bridgehead atoms. The number of nitrogens with one attached hydrogen (secondary N) is 2. The fourth-order valence-electron chi connectivity index (χ4n) is 4.30. The lowest BCUT2D eigenvalue weighted by Gasteiger charge is -2.28. The predicted molar refractivity (Wildman–Crippen MR) is 124 cm³/mol. The van der Waals surface area contributed by atoms with Gasteiger partial charge in [0.2, 0.25) is 0 Å². The molecule has 1 aliphatic heterocycles. The van der Waals surface area contributed by atoms with Crippen molar-refractivity contribution in [3.8, 4) is 0 Å². The summed E-state index contributed by atoms with van der Waals surface area (Å²) in [5.41, 5.74) is 0.851. The number of hydrogen-bond donors (Lipinski definition) is 2. The molecule has 34 heavy (non-hydrogen) atoms. The first kappa shape index (κ1) is 22.3. The van der Waals surface area contributed by atoms with Crippen molar-refractivity contribution >= 4 is 29.3 Å². The van der Waals surface area contributed by atoms with Gasteiger partial charge in [0.1, 0.15) is 28.5 Å². The van der Waals surface area contributed by atoms with Gasteiger partial charge in [0, 0.05) is 32.3 Å². The number of aryl methyl sites for hydroxylation is 1. The molecule has 9 nitrogen and oxygen atoms in total. The molecule has 3 amide bonds. The molecule has 11 heteroatoms. The molecule has 1 saturated heterocycles. The molecule has 2 aromatic heterocycles. The van der Waals surface area contributed by atoms with E-state index in [0.29, 0.717) is 30.9 Å². The number of urea groups is 1. The van der Waals surface area contributed by atoms with Crippen molar-refractivity contribution in [3.05, 3.63) is 64.1 Å². The van der Waals surface area contributed by atoms with Gasteiger partial charge in [0.25, 0.3) is 5.91 Å². The third-order valence-corrected chi connectivity index (χ3v) is 7.37. The zero-order valence-corrected chi connectivity index (χ0v) is 19.7. The van der Waals surface area contributed by atoms with E-state index in [1.807, 2.05) is 6.07 Å². The number of rotatable bonds is 5. The zero-order chi connectivity index (χ0) is 23.9. The molecular weight excluding hydrogens is 457 g/mol. The van der Waals surface area contributed by atoms with Crippen LogP contribution in [-0.4, -0.2) is 56.3 Å². The molecule has 0 radical (unpaired) electrons. The van der Waals surface area contributed by atoms with E-state index in [1.54, 1.807) is 17.9 Å². The minimum atomic E-state index is -0.665. The molecule has 2 N–H and O–H groups in total. The molecule has 176 valence electrons. The van der Waals surface area contributed by atoms with Crippen LogP contribution in [0.15, 0.2) is 30.7 Å². The predicted octanol–water partition coefficient (Wildman–Crippen LogP) is 3.24. The van der Waals surface area contributed by atoms with Gasteiger partial charge in [-0.2, -0.15) is 4.37 Å². The topological polar surface area (TPSA) is 113 Å². The summed E-state index contributed by atoms with van der Waals surface area (Å²) in [4.78, 5) is 40.5. The highest BCUT2D eigenvalue weighted by atomic mass is 32.1. The van der Waals surface area contributed by atoms with Gasteiger partial charge < -0.3 is 10.2 Å². The third kappa shape index (κ3) is 4.00. The van der Waals surface area contributed by atoms with Crippen molar-refractivity contribution < 1.29 is 14.0 Å². The summed E-state index contributed by atoms with van der Waals surface area (Å²) in [6.45, 7) is 2.44. The number of anilines is 1. The van der Waals surface area contributed by atoms with E-state index in [0.717, 1.165) is 23.4 Å². The average Bonchev–Trinajstić information content (AvgIpc) is 3.34.